The lowest BCUT2D eigenvalue weighted by Crippen LogP contribution is -2.38. The summed E-state index contributed by atoms with van der Waals surface area (Å²) in [5.41, 5.74) is 1.23. The Balaban J connectivity index is 1.98. The largest absolute Gasteiger partial charge is 0.396 e. The van der Waals surface area contributed by atoms with E-state index in [1.807, 2.05) is 6.07 Å². The third-order valence-corrected chi connectivity index (χ3v) is 3.59. The fourth-order valence-corrected chi connectivity index (χ4v) is 2.57. The first kappa shape index (κ1) is 13.3. The Morgan fingerprint density at radius 2 is 1.83 bits per heavy atom. The molecule has 1 saturated heterocycles. The molecule has 18 heavy (non-hydrogen) atoms. The monoisotopic (exact) mass is 245 g/mol. The molecule has 1 N–H and O–H groups in total. The van der Waals surface area contributed by atoms with Crippen LogP contribution in [-0.4, -0.2) is 35.7 Å². The van der Waals surface area contributed by atoms with Crippen molar-refractivity contribution in [1.29, 1.82) is 0 Å². The average molecular weight is 245 g/mol. The Bertz CT molecular complexity index is 355. The highest BCUT2D eigenvalue weighted by Crippen LogP contribution is 2.16. The topological polar surface area (TPSA) is 23.5 Å². The van der Waals surface area contributed by atoms with E-state index in [1.165, 1.54) is 37.9 Å². The van der Waals surface area contributed by atoms with Crippen molar-refractivity contribution < 1.29 is 5.11 Å². The zero-order chi connectivity index (χ0) is 12.6. The van der Waals surface area contributed by atoms with Gasteiger partial charge in [0.15, 0.2) is 0 Å². The minimum atomic E-state index is 0.264. The number of hydrogen-bond acceptors (Lipinski definition) is 2. The highest BCUT2D eigenvalue weighted by atomic mass is 16.3. The molecule has 1 unspecified atom stereocenters. The lowest BCUT2D eigenvalue weighted by molar-refractivity contribution is 0.160. The first-order chi connectivity index (χ1) is 8.90. The third-order valence-electron chi connectivity index (χ3n) is 3.59. The number of nitrogens with zero attached hydrogens (tertiary/aromatic N) is 1. The van der Waals surface area contributed by atoms with Gasteiger partial charge in [-0.2, -0.15) is 0 Å². The minimum absolute atomic E-state index is 0.264. The maximum Gasteiger partial charge on any atom is 0.0449 e. The fraction of sp³-hybridized carbons (Fsp3) is 0.500. The lowest BCUT2D eigenvalue weighted by Gasteiger charge is -2.32. The maximum atomic E-state index is 9.20. The molecule has 0 bridgehead atoms. The molecule has 1 heterocycles. The molecule has 0 aliphatic carbocycles. The van der Waals surface area contributed by atoms with Crippen LogP contribution in [0, 0.1) is 0 Å². The predicted octanol–water partition coefficient (Wildman–Crippen LogP) is 2.94. The van der Waals surface area contributed by atoms with Gasteiger partial charge in [0, 0.05) is 12.6 Å². The molecule has 0 radical (unpaired) electrons. The first-order valence-corrected chi connectivity index (χ1v) is 6.98. The number of piperidine rings is 1. The van der Waals surface area contributed by atoms with Gasteiger partial charge in [-0.1, -0.05) is 48.9 Å². The third kappa shape index (κ3) is 3.97. The number of rotatable bonds is 5. The van der Waals surface area contributed by atoms with Crippen molar-refractivity contribution in [3.63, 3.8) is 0 Å². The van der Waals surface area contributed by atoms with Crippen molar-refractivity contribution in [2.75, 3.05) is 19.7 Å². The van der Waals surface area contributed by atoms with E-state index in [0.29, 0.717) is 6.04 Å². The molecule has 1 aliphatic rings. The second kappa shape index (κ2) is 7.34. The van der Waals surface area contributed by atoms with Crippen molar-refractivity contribution >= 4 is 6.08 Å². The van der Waals surface area contributed by atoms with E-state index in [1.54, 1.807) is 0 Å². The summed E-state index contributed by atoms with van der Waals surface area (Å²) in [7, 11) is 0. The summed E-state index contributed by atoms with van der Waals surface area (Å²) in [6.07, 6.45) is 9.20. The van der Waals surface area contributed by atoms with Crippen molar-refractivity contribution in [1.82, 2.24) is 4.90 Å². The second-order valence-electron chi connectivity index (χ2n) is 4.95. The minimum Gasteiger partial charge on any atom is -0.396 e. The molecule has 2 nitrogen and oxygen atoms in total. The van der Waals surface area contributed by atoms with Gasteiger partial charge in [0.05, 0.1) is 0 Å². The van der Waals surface area contributed by atoms with Crippen LogP contribution in [0.5, 0.6) is 0 Å². The summed E-state index contributed by atoms with van der Waals surface area (Å²) in [4.78, 5) is 2.50. The van der Waals surface area contributed by atoms with Gasteiger partial charge >= 0.3 is 0 Å². The molecule has 1 fully saturated rings. The Morgan fingerprint density at radius 1 is 1.11 bits per heavy atom. The van der Waals surface area contributed by atoms with Gasteiger partial charge in [0.2, 0.25) is 0 Å². The Kier molecular flexibility index (Phi) is 5.43. The molecule has 98 valence electrons. The first-order valence-electron chi connectivity index (χ1n) is 6.98. The molecule has 1 aliphatic heterocycles. The normalized spacial score (nSPS) is 19.2. The maximum absolute atomic E-state index is 9.20. The van der Waals surface area contributed by atoms with Crippen LogP contribution in [0.25, 0.3) is 6.08 Å². The summed E-state index contributed by atoms with van der Waals surface area (Å²) in [6, 6.07) is 10.8. The van der Waals surface area contributed by atoms with E-state index in [4.69, 9.17) is 0 Å². The van der Waals surface area contributed by atoms with Gasteiger partial charge in [-0.15, -0.1) is 0 Å². The van der Waals surface area contributed by atoms with Crippen LogP contribution < -0.4 is 0 Å². The van der Waals surface area contributed by atoms with Crippen molar-refractivity contribution in [3.8, 4) is 0 Å². The van der Waals surface area contributed by atoms with E-state index in [-0.39, 0.29) is 6.61 Å². The number of benzene rings is 1. The number of likely N-dealkylation sites (tertiary alicyclic amines) is 1. The van der Waals surface area contributed by atoms with Crippen molar-refractivity contribution in [2.45, 2.75) is 31.7 Å². The standard InChI is InChI=1S/C16H23NO/c18-14-11-16(17-12-5-2-6-13-17)10-9-15-7-3-1-4-8-15/h1,3-4,7-10,16,18H,2,5-6,11-14H2/b10-9+. The Labute approximate surface area is 110 Å². The van der Waals surface area contributed by atoms with Crippen LogP contribution in [-0.2, 0) is 0 Å². The summed E-state index contributed by atoms with van der Waals surface area (Å²) >= 11 is 0. The van der Waals surface area contributed by atoms with Gasteiger partial charge in [-0.25, -0.2) is 0 Å². The van der Waals surface area contributed by atoms with Gasteiger partial charge < -0.3 is 5.11 Å². The Morgan fingerprint density at radius 3 is 2.50 bits per heavy atom. The molecule has 1 aromatic carbocycles. The van der Waals surface area contributed by atoms with E-state index >= 15 is 0 Å². The molecule has 2 heteroatoms. The van der Waals surface area contributed by atoms with Crippen LogP contribution in [0.4, 0.5) is 0 Å². The molecule has 0 saturated carbocycles. The molecular weight excluding hydrogens is 222 g/mol. The fourth-order valence-electron chi connectivity index (χ4n) is 2.57. The smallest absolute Gasteiger partial charge is 0.0449 e. The SMILES string of the molecule is OCCC(/C=C/c1ccccc1)N1CCCCC1. The van der Waals surface area contributed by atoms with Gasteiger partial charge in [0.1, 0.15) is 0 Å². The summed E-state index contributed by atoms with van der Waals surface area (Å²) in [5, 5.41) is 9.20. The lowest BCUT2D eigenvalue weighted by atomic mass is 10.0. The highest BCUT2D eigenvalue weighted by molar-refractivity contribution is 5.49. The zero-order valence-electron chi connectivity index (χ0n) is 11.0. The van der Waals surface area contributed by atoms with E-state index in [9.17, 15) is 5.11 Å². The van der Waals surface area contributed by atoms with Crippen LogP contribution in [0.15, 0.2) is 36.4 Å². The van der Waals surface area contributed by atoms with Crippen LogP contribution in [0.2, 0.25) is 0 Å². The van der Waals surface area contributed by atoms with Crippen LogP contribution in [0.1, 0.15) is 31.2 Å². The second-order valence-corrected chi connectivity index (χ2v) is 4.95. The van der Waals surface area contributed by atoms with Gasteiger partial charge in [-0.05, 0) is 37.9 Å². The average Bonchev–Trinajstić information content (AvgIpc) is 2.45. The molecule has 0 spiro atoms. The Hall–Kier alpha value is -1.12. The van der Waals surface area contributed by atoms with Gasteiger partial charge in [-0.3, -0.25) is 4.90 Å². The molecule has 1 aromatic rings. The van der Waals surface area contributed by atoms with Crippen LogP contribution in [0.3, 0.4) is 0 Å². The quantitative estimate of drug-likeness (QED) is 0.862. The van der Waals surface area contributed by atoms with Crippen molar-refractivity contribution in [3.05, 3.63) is 42.0 Å². The molecule has 0 aromatic heterocycles. The number of aliphatic hydroxyl groups is 1. The number of aliphatic hydroxyl groups excluding tert-OH is 1. The van der Waals surface area contributed by atoms with E-state index in [2.05, 4.69) is 41.3 Å². The van der Waals surface area contributed by atoms with Crippen LogP contribution >= 0.6 is 0 Å². The van der Waals surface area contributed by atoms with Crippen molar-refractivity contribution in [2.24, 2.45) is 0 Å². The molecular formula is C16H23NO. The van der Waals surface area contributed by atoms with E-state index in [0.717, 1.165) is 6.42 Å². The predicted molar refractivity (Wildman–Crippen MR) is 76.4 cm³/mol. The van der Waals surface area contributed by atoms with Gasteiger partial charge in [0.25, 0.3) is 0 Å². The number of hydrogen-bond donors (Lipinski definition) is 1. The summed E-state index contributed by atoms with van der Waals surface area (Å²) in [6.45, 7) is 2.61. The highest BCUT2D eigenvalue weighted by Gasteiger charge is 2.17. The molecule has 0 amide bonds. The summed E-state index contributed by atoms with van der Waals surface area (Å²) < 4.78 is 0. The van der Waals surface area contributed by atoms with E-state index < -0.39 is 0 Å². The molecule has 1 atom stereocenters. The zero-order valence-corrected chi connectivity index (χ0v) is 11.0. The molecule has 2 rings (SSSR count). The summed E-state index contributed by atoms with van der Waals surface area (Å²) in [5.74, 6) is 0.